The highest BCUT2D eigenvalue weighted by atomic mass is 32.2. The van der Waals surface area contributed by atoms with E-state index in [0.717, 1.165) is 28.3 Å². The lowest BCUT2D eigenvalue weighted by Gasteiger charge is -2.12. The molecule has 0 radical (unpaired) electrons. The Balaban J connectivity index is 1.57. The van der Waals surface area contributed by atoms with Crippen molar-refractivity contribution in [3.63, 3.8) is 0 Å². The maximum Gasteiger partial charge on any atom is 0.433 e. The lowest BCUT2D eigenvalue weighted by atomic mass is 10.2. The molecule has 0 bridgehead atoms. The summed E-state index contributed by atoms with van der Waals surface area (Å²) in [5.41, 5.74) is 0.740. The lowest BCUT2D eigenvalue weighted by Crippen LogP contribution is -2.37. The number of hydrogen-bond acceptors (Lipinski definition) is 8. The van der Waals surface area contributed by atoms with Crippen molar-refractivity contribution in [1.82, 2.24) is 10.2 Å². The van der Waals surface area contributed by atoms with E-state index < -0.39 is 27.9 Å². The molecule has 29 heavy (non-hydrogen) atoms. The minimum Gasteiger partial charge on any atom is -0.497 e. The third kappa shape index (κ3) is 4.63. The minimum absolute atomic E-state index is 0.0266. The fraction of sp³-hybridized carbons (Fsp3) is 0.167. The molecule has 0 saturated carbocycles. The Labute approximate surface area is 168 Å². The summed E-state index contributed by atoms with van der Waals surface area (Å²) >= 11 is 0.809. The number of nitro groups is 1. The zero-order valence-electron chi connectivity index (χ0n) is 15.1. The number of benzene rings is 1. The molecule has 3 amide bonds. The fourth-order valence-electron chi connectivity index (χ4n) is 2.46. The van der Waals surface area contributed by atoms with Crippen molar-refractivity contribution in [2.45, 2.75) is 0 Å². The molecule has 0 aliphatic carbocycles. The molecule has 0 spiro atoms. The summed E-state index contributed by atoms with van der Waals surface area (Å²) < 4.78 is 9.86. The van der Waals surface area contributed by atoms with Crippen LogP contribution in [0.5, 0.6) is 5.75 Å². The number of furan rings is 1. The Hall–Kier alpha value is -3.60. The second-order valence-electron chi connectivity index (χ2n) is 5.76. The van der Waals surface area contributed by atoms with E-state index in [4.69, 9.17) is 9.15 Å². The summed E-state index contributed by atoms with van der Waals surface area (Å²) in [6, 6.07) is 9.24. The molecule has 1 fully saturated rings. The number of imide groups is 1. The van der Waals surface area contributed by atoms with Gasteiger partial charge in [-0.25, -0.2) is 0 Å². The number of nitrogens with one attached hydrogen (secondary N) is 1. The van der Waals surface area contributed by atoms with Crippen molar-refractivity contribution in [3.05, 3.63) is 62.7 Å². The fourth-order valence-corrected chi connectivity index (χ4v) is 3.33. The SMILES string of the molecule is COc1ccc(C=C2SC(=O)N(CCNC(=O)c3ccc([N+](=O)[O-])o3)C2=O)cc1. The van der Waals surface area contributed by atoms with Crippen molar-refractivity contribution in [3.8, 4) is 5.75 Å². The number of rotatable bonds is 7. The van der Waals surface area contributed by atoms with Crippen LogP contribution in [0.25, 0.3) is 6.08 Å². The van der Waals surface area contributed by atoms with E-state index in [1.54, 1.807) is 37.5 Å². The molecule has 10 nitrogen and oxygen atoms in total. The third-order valence-electron chi connectivity index (χ3n) is 3.90. The Morgan fingerprint density at radius 2 is 2.00 bits per heavy atom. The Morgan fingerprint density at radius 1 is 1.28 bits per heavy atom. The van der Waals surface area contributed by atoms with Crippen LogP contribution in [0, 0.1) is 10.1 Å². The van der Waals surface area contributed by atoms with Crippen LogP contribution in [-0.2, 0) is 4.79 Å². The van der Waals surface area contributed by atoms with Gasteiger partial charge in [0.2, 0.25) is 0 Å². The van der Waals surface area contributed by atoms with Crippen LogP contribution in [0.15, 0.2) is 45.7 Å². The summed E-state index contributed by atoms with van der Waals surface area (Å²) in [5, 5.41) is 12.6. The molecule has 0 unspecified atom stereocenters. The molecule has 1 aromatic carbocycles. The van der Waals surface area contributed by atoms with E-state index in [0.29, 0.717) is 5.75 Å². The second-order valence-corrected chi connectivity index (χ2v) is 6.75. The van der Waals surface area contributed by atoms with Gasteiger partial charge in [0.1, 0.15) is 10.7 Å². The van der Waals surface area contributed by atoms with E-state index in [-0.39, 0.29) is 23.8 Å². The van der Waals surface area contributed by atoms with E-state index in [2.05, 4.69) is 5.32 Å². The van der Waals surface area contributed by atoms with E-state index in [1.807, 2.05) is 0 Å². The summed E-state index contributed by atoms with van der Waals surface area (Å²) in [7, 11) is 1.55. The number of thioether (sulfide) groups is 1. The highest BCUT2D eigenvalue weighted by Gasteiger charge is 2.34. The molecule has 1 aromatic heterocycles. The predicted molar refractivity (Wildman–Crippen MR) is 103 cm³/mol. The van der Waals surface area contributed by atoms with E-state index >= 15 is 0 Å². The first kappa shape index (κ1) is 20.1. The van der Waals surface area contributed by atoms with Gasteiger partial charge in [-0.05, 0) is 41.6 Å². The Bertz CT molecular complexity index is 997. The average Bonchev–Trinajstić information content (AvgIpc) is 3.30. The summed E-state index contributed by atoms with van der Waals surface area (Å²) in [6.07, 6.45) is 1.60. The molecule has 0 atom stereocenters. The molecule has 2 aromatic rings. The van der Waals surface area contributed by atoms with Gasteiger partial charge in [-0.1, -0.05) is 12.1 Å². The number of carbonyl (C=O) groups excluding carboxylic acids is 3. The van der Waals surface area contributed by atoms with Gasteiger partial charge in [-0.3, -0.25) is 29.4 Å². The van der Waals surface area contributed by atoms with Gasteiger partial charge in [-0.15, -0.1) is 0 Å². The van der Waals surface area contributed by atoms with Gasteiger partial charge in [-0.2, -0.15) is 0 Å². The number of ether oxygens (including phenoxy) is 1. The van der Waals surface area contributed by atoms with Crippen molar-refractivity contribution in [1.29, 1.82) is 0 Å². The molecule has 150 valence electrons. The zero-order chi connectivity index (χ0) is 21.0. The monoisotopic (exact) mass is 417 g/mol. The van der Waals surface area contributed by atoms with Crippen LogP contribution in [0.3, 0.4) is 0 Å². The molecule has 1 aliphatic heterocycles. The highest BCUT2D eigenvalue weighted by molar-refractivity contribution is 8.18. The van der Waals surface area contributed by atoms with Gasteiger partial charge >= 0.3 is 5.88 Å². The molecule has 3 rings (SSSR count). The largest absolute Gasteiger partial charge is 0.497 e. The number of methoxy groups -OCH3 is 1. The molecular weight excluding hydrogens is 402 g/mol. The predicted octanol–water partition coefficient (Wildman–Crippen LogP) is 2.66. The normalized spacial score (nSPS) is 15.1. The van der Waals surface area contributed by atoms with Crippen LogP contribution in [0.1, 0.15) is 16.1 Å². The number of carbonyl (C=O) groups is 3. The van der Waals surface area contributed by atoms with Crippen LogP contribution >= 0.6 is 11.8 Å². The quantitative estimate of drug-likeness (QED) is 0.413. The maximum atomic E-state index is 12.5. The smallest absolute Gasteiger partial charge is 0.433 e. The first-order valence-electron chi connectivity index (χ1n) is 8.31. The van der Waals surface area contributed by atoms with Crippen LogP contribution in [0.4, 0.5) is 10.7 Å². The summed E-state index contributed by atoms with van der Waals surface area (Å²) in [6.45, 7) is -0.0691. The molecule has 11 heteroatoms. The van der Waals surface area contributed by atoms with E-state index in [9.17, 15) is 24.5 Å². The summed E-state index contributed by atoms with van der Waals surface area (Å²) in [5.74, 6) is -1.25. The molecule has 2 heterocycles. The van der Waals surface area contributed by atoms with Crippen molar-refractivity contribution >= 4 is 40.8 Å². The van der Waals surface area contributed by atoms with Gasteiger partial charge in [0, 0.05) is 13.1 Å². The van der Waals surface area contributed by atoms with Gasteiger partial charge in [0.25, 0.3) is 17.1 Å². The van der Waals surface area contributed by atoms with Crippen LogP contribution < -0.4 is 10.1 Å². The van der Waals surface area contributed by atoms with E-state index in [1.165, 1.54) is 6.07 Å². The Kier molecular flexibility index (Phi) is 5.98. The Morgan fingerprint density at radius 3 is 2.62 bits per heavy atom. The third-order valence-corrected chi connectivity index (χ3v) is 4.81. The van der Waals surface area contributed by atoms with Crippen molar-refractivity contribution in [2.24, 2.45) is 0 Å². The maximum absolute atomic E-state index is 12.5. The molecule has 1 N–H and O–H groups in total. The molecule has 1 aliphatic rings. The van der Waals surface area contributed by atoms with Gasteiger partial charge < -0.3 is 14.5 Å². The number of amides is 3. The first-order chi connectivity index (χ1) is 13.9. The topological polar surface area (TPSA) is 132 Å². The average molecular weight is 417 g/mol. The number of hydrogen-bond donors (Lipinski definition) is 1. The highest BCUT2D eigenvalue weighted by Crippen LogP contribution is 2.32. The van der Waals surface area contributed by atoms with Crippen LogP contribution in [0.2, 0.25) is 0 Å². The van der Waals surface area contributed by atoms with Gasteiger partial charge in [0.15, 0.2) is 5.76 Å². The molecule has 1 saturated heterocycles. The van der Waals surface area contributed by atoms with Crippen molar-refractivity contribution in [2.75, 3.05) is 20.2 Å². The summed E-state index contributed by atoms with van der Waals surface area (Å²) in [4.78, 5) is 47.6. The zero-order valence-corrected chi connectivity index (χ0v) is 15.9. The minimum atomic E-state index is -0.758. The molecular formula is C18H15N3O7S. The lowest BCUT2D eigenvalue weighted by molar-refractivity contribution is -0.402. The first-order valence-corrected chi connectivity index (χ1v) is 9.12. The standard InChI is InChI=1S/C18H15N3O7S/c1-27-12-4-2-11(3-5-12)10-14-17(23)20(18(24)29-14)9-8-19-16(22)13-6-7-15(28-13)21(25)26/h2-7,10H,8-9H2,1H3,(H,19,22). The van der Waals surface area contributed by atoms with Crippen LogP contribution in [-0.4, -0.2) is 47.1 Å². The van der Waals surface area contributed by atoms with Gasteiger partial charge in [0.05, 0.1) is 18.1 Å². The second kappa shape index (κ2) is 8.61. The van der Waals surface area contributed by atoms with Crippen molar-refractivity contribution < 1.29 is 28.5 Å². The number of nitrogens with zero attached hydrogens (tertiary/aromatic N) is 2.